The molecule has 1 aliphatic rings. The first-order valence-electron chi connectivity index (χ1n) is 12.9. The summed E-state index contributed by atoms with van der Waals surface area (Å²) in [6.45, 7) is 8.54. The van der Waals surface area contributed by atoms with E-state index < -0.39 is 0 Å². The van der Waals surface area contributed by atoms with Gasteiger partial charge in [-0.15, -0.1) is 6.58 Å². The van der Waals surface area contributed by atoms with Crippen molar-refractivity contribution in [1.29, 1.82) is 0 Å². The highest BCUT2D eigenvalue weighted by molar-refractivity contribution is 5.99. The predicted octanol–water partition coefficient (Wildman–Crippen LogP) is 4.23. The summed E-state index contributed by atoms with van der Waals surface area (Å²) in [6.07, 6.45) is 1.61. The maximum absolute atomic E-state index is 12.9. The number of benzene rings is 3. The van der Waals surface area contributed by atoms with Gasteiger partial charge >= 0.3 is 0 Å². The van der Waals surface area contributed by atoms with Gasteiger partial charge in [-0.3, -0.25) is 14.4 Å². The molecule has 3 amide bonds. The van der Waals surface area contributed by atoms with Crippen LogP contribution in [0.15, 0.2) is 85.5 Å². The molecule has 3 aromatic rings. The molecule has 0 saturated carbocycles. The zero-order valence-corrected chi connectivity index (χ0v) is 22.4. The number of carbonyl (C=O) groups excluding carboxylic acids is 3. The van der Waals surface area contributed by atoms with Gasteiger partial charge in [0.15, 0.2) is 0 Å². The van der Waals surface area contributed by atoms with Crippen molar-refractivity contribution < 1.29 is 19.1 Å². The van der Waals surface area contributed by atoms with E-state index in [4.69, 9.17) is 4.74 Å². The summed E-state index contributed by atoms with van der Waals surface area (Å²) in [5.41, 5.74) is 3.92. The fourth-order valence-electron chi connectivity index (χ4n) is 4.47. The van der Waals surface area contributed by atoms with Gasteiger partial charge in [0.1, 0.15) is 12.3 Å². The number of rotatable bonds is 9. The number of anilines is 2. The quantitative estimate of drug-likeness (QED) is 0.422. The van der Waals surface area contributed by atoms with Gasteiger partial charge in [0, 0.05) is 55.2 Å². The maximum atomic E-state index is 12.9. The molecule has 3 aromatic carbocycles. The molecule has 0 unspecified atom stereocenters. The van der Waals surface area contributed by atoms with Crippen LogP contribution in [0, 0.1) is 6.92 Å². The monoisotopic (exact) mass is 526 g/mol. The minimum Gasteiger partial charge on any atom is -0.497 e. The van der Waals surface area contributed by atoms with Crippen LogP contribution in [-0.2, 0) is 4.79 Å². The average molecular weight is 527 g/mol. The molecule has 1 saturated heterocycles. The molecule has 0 radical (unpaired) electrons. The molecule has 0 atom stereocenters. The number of hydrogen-bond acceptors (Lipinski definition) is 5. The Bertz CT molecular complexity index is 1300. The molecule has 39 heavy (non-hydrogen) atoms. The molecule has 0 aliphatic carbocycles. The first kappa shape index (κ1) is 27.4. The molecule has 0 aromatic heterocycles. The van der Waals surface area contributed by atoms with E-state index in [1.807, 2.05) is 48.2 Å². The highest BCUT2D eigenvalue weighted by Crippen LogP contribution is 2.21. The van der Waals surface area contributed by atoms with Crippen LogP contribution in [0.4, 0.5) is 11.4 Å². The number of aryl methyl sites for hydroxylation is 1. The van der Waals surface area contributed by atoms with Crippen LogP contribution in [0.25, 0.3) is 0 Å². The van der Waals surface area contributed by atoms with Crippen molar-refractivity contribution in [3.05, 3.63) is 102 Å². The topological polar surface area (TPSA) is 82.2 Å². The molecular formula is C31H34N4O4. The smallest absolute Gasteiger partial charge is 0.254 e. The minimum absolute atomic E-state index is 0.0155. The van der Waals surface area contributed by atoms with Crippen LogP contribution in [-0.4, -0.2) is 73.9 Å². The lowest BCUT2D eigenvalue weighted by Crippen LogP contribution is -2.48. The van der Waals surface area contributed by atoms with Gasteiger partial charge in [-0.1, -0.05) is 23.8 Å². The highest BCUT2D eigenvalue weighted by Gasteiger charge is 2.23. The number of nitrogens with one attached hydrogen (secondary N) is 1. The van der Waals surface area contributed by atoms with Crippen LogP contribution < -0.4 is 15.0 Å². The Hall–Kier alpha value is -4.59. The molecule has 1 aliphatic heterocycles. The standard InChI is InChI=1S/C31H34N4O4/c1-4-17-35(31(38)24-7-5-23(2)6-8-24)22-29(36)32-26-11-13-27(14-12-26)33-18-20-34(21-19-33)30(37)25-9-15-28(39-3)16-10-25/h4-16H,1,17-22H2,2-3H3,(H,32,36). The zero-order chi connectivity index (χ0) is 27.8. The average Bonchev–Trinajstić information content (AvgIpc) is 2.97. The van der Waals surface area contributed by atoms with Crippen molar-refractivity contribution in [2.45, 2.75) is 6.92 Å². The Morgan fingerprint density at radius 2 is 1.51 bits per heavy atom. The third kappa shape index (κ3) is 7.04. The molecule has 0 bridgehead atoms. The van der Waals surface area contributed by atoms with E-state index in [1.165, 1.54) is 4.90 Å². The molecule has 1 heterocycles. The summed E-state index contributed by atoms with van der Waals surface area (Å²) in [6, 6.07) is 22.0. The third-order valence-corrected chi connectivity index (χ3v) is 6.69. The number of ether oxygens (including phenoxy) is 1. The molecular weight excluding hydrogens is 492 g/mol. The van der Waals surface area contributed by atoms with Crippen molar-refractivity contribution in [2.75, 3.05) is 56.6 Å². The Kier molecular flexibility index (Phi) is 8.99. The number of amides is 3. The van der Waals surface area contributed by atoms with Gasteiger partial charge < -0.3 is 24.8 Å². The van der Waals surface area contributed by atoms with Crippen molar-refractivity contribution in [3.8, 4) is 5.75 Å². The number of methoxy groups -OCH3 is 1. The van der Waals surface area contributed by atoms with E-state index in [0.717, 1.165) is 17.0 Å². The van der Waals surface area contributed by atoms with Gasteiger partial charge in [0.2, 0.25) is 5.91 Å². The molecule has 1 fully saturated rings. The second kappa shape index (κ2) is 12.8. The molecule has 0 spiro atoms. The summed E-state index contributed by atoms with van der Waals surface area (Å²) < 4.78 is 5.17. The summed E-state index contributed by atoms with van der Waals surface area (Å²) in [5.74, 6) is 0.239. The lowest BCUT2D eigenvalue weighted by molar-refractivity contribution is -0.116. The fourth-order valence-corrected chi connectivity index (χ4v) is 4.47. The Morgan fingerprint density at radius 3 is 2.10 bits per heavy atom. The van der Waals surface area contributed by atoms with Crippen molar-refractivity contribution in [2.24, 2.45) is 0 Å². The predicted molar refractivity (Wildman–Crippen MR) is 153 cm³/mol. The number of carbonyl (C=O) groups is 3. The summed E-state index contributed by atoms with van der Waals surface area (Å²) >= 11 is 0. The van der Waals surface area contributed by atoms with Crippen LogP contribution in [0.1, 0.15) is 26.3 Å². The Labute approximate surface area is 229 Å². The number of hydrogen-bond donors (Lipinski definition) is 1. The number of nitrogens with zero attached hydrogens (tertiary/aromatic N) is 3. The second-order valence-corrected chi connectivity index (χ2v) is 9.44. The Morgan fingerprint density at radius 1 is 0.897 bits per heavy atom. The summed E-state index contributed by atoms with van der Waals surface area (Å²) in [4.78, 5) is 44.0. The maximum Gasteiger partial charge on any atom is 0.254 e. The highest BCUT2D eigenvalue weighted by atomic mass is 16.5. The Balaban J connectivity index is 1.29. The van der Waals surface area contributed by atoms with Gasteiger partial charge in [0.25, 0.3) is 11.8 Å². The van der Waals surface area contributed by atoms with Crippen LogP contribution >= 0.6 is 0 Å². The van der Waals surface area contributed by atoms with Gasteiger partial charge in [-0.2, -0.15) is 0 Å². The minimum atomic E-state index is -0.282. The van der Waals surface area contributed by atoms with Crippen LogP contribution in [0.3, 0.4) is 0 Å². The van der Waals surface area contributed by atoms with Crippen molar-refractivity contribution in [3.63, 3.8) is 0 Å². The van der Waals surface area contributed by atoms with Crippen molar-refractivity contribution in [1.82, 2.24) is 9.80 Å². The lowest BCUT2D eigenvalue weighted by atomic mass is 10.1. The van der Waals surface area contributed by atoms with Gasteiger partial charge in [0.05, 0.1) is 7.11 Å². The SMILES string of the molecule is C=CCN(CC(=O)Nc1ccc(N2CCN(C(=O)c3ccc(OC)cc3)CC2)cc1)C(=O)c1ccc(C)cc1. The summed E-state index contributed by atoms with van der Waals surface area (Å²) in [5, 5.41) is 2.88. The van der Waals surface area contributed by atoms with E-state index in [-0.39, 0.29) is 30.8 Å². The molecule has 1 N–H and O–H groups in total. The normalized spacial score (nSPS) is 13.0. The van der Waals surface area contributed by atoms with Gasteiger partial charge in [-0.25, -0.2) is 0 Å². The molecule has 8 heteroatoms. The number of piperazine rings is 1. The van der Waals surface area contributed by atoms with E-state index in [2.05, 4.69) is 16.8 Å². The fraction of sp³-hybridized carbons (Fsp3) is 0.258. The van der Waals surface area contributed by atoms with Crippen LogP contribution in [0.2, 0.25) is 0 Å². The largest absolute Gasteiger partial charge is 0.497 e. The molecule has 4 rings (SSSR count). The zero-order valence-electron chi connectivity index (χ0n) is 22.4. The van der Waals surface area contributed by atoms with E-state index in [0.29, 0.717) is 43.0 Å². The molecule has 8 nitrogen and oxygen atoms in total. The third-order valence-electron chi connectivity index (χ3n) is 6.69. The second-order valence-electron chi connectivity index (χ2n) is 9.44. The molecule has 202 valence electrons. The van der Waals surface area contributed by atoms with Gasteiger partial charge in [-0.05, 0) is 67.6 Å². The van der Waals surface area contributed by atoms with E-state index in [9.17, 15) is 14.4 Å². The first-order valence-corrected chi connectivity index (χ1v) is 12.9. The van der Waals surface area contributed by atoms with E-state index >= 15 is 0 Å². The first-order chi connectivity index (χ1) is 18.9. The summed E-state index contributed by atoms with van der Waals surface area (Å²) in [7, 11) is 1.60. The van der Waals surface area contributed by atoms with E-state index in [1.54, 1.807) is 49.6 Å². The van der Waals surface area contributed by atoms with Crippen molar-refractivity contribution >= 4 is 29.1 Å². The van der Waals surface area contributed by atoms with Crippen LogP contribution in [0.5, 0.6) is 5.75 Å². The lowest BCUT2D eigenvalue weighted by Gasteiger charge is -2.36.